The van der Waals surface area contributed by atoms with Gasteiger partial charge in [0, 0.05) is 13.2 Å². The van der Waals surface area contributed by atoms with Crippen LogP contribution in [0, 0.1) is 0 Å². The van der Waals surface area contributed by atoms with Gasteiger partial charge in [0.2, 0.25) is 0 Å². The Morgan fingerprint density at radius 2 is 2.12 bits per heavy atom. The van der Waals surface area contributed by atoms with E-state index >= 15 is 0 Å². The summed E-state index contributed by atoms with van der Waals surface area (Å²) in [5, 5.41) is 20.7. The third-order valence-electron chi connectivity index (χ3n) is 2.78. The highest BCUT2D eigenvalue weighted by Gasteiger charge is 2.32. The summed E-state index contributed by atoms with van der Waals surface area (Å²) in [5.41, 5.74) is -0.346. The third-order valence-corrected chi connectivity index (χ3v) is 2.98. The first-order valence-corrected chi connectivity index (χ1v) is 5.58. The van der Waals surface area contributed by atoms with Gasteiger partial charge in [-0.3, -0.25) is 0 Å². The van der Waals surface area contributed by atoms with Crippen LogP contribution in [0.15, 0.2) is 12.1 Å². The number of aliphatic hydroxyl groups excluding tert-OH is 1. The molecule has 0 saturated carbocycles. The van der Waals surface area contributed by atoms with Crippen LogP contribution in [0.4, 0.5) is 5.82 Å². The van der Waals surface area contributed by atoms with Gasteiger partial charge in [0.05, 0.1) is 12.1 Å². The van der Waals surface area contributed by atoms with Crippen LogP contribution in [0.5, 0.6) is 0 Å². The zero-order chi connectivity index (χ0) is 11.4. The number of nitrogens with one attached hydrogen (secondary N) is 1. The molecule has 2 rings (SSSR count). The molecule has 0 spiro atoms. The van der Waals surface area contributed by atoms with Crippen molar-refractivity contribution in [2.45, 2.75) is 18.4 Å². The molecule has 1 aromatic rings. The molecule has 1 aliphatic rings. The van der Waals surface area contributed by atoms with Crippen LogP contribution >= 0.6 is 11.6 Å². The molecular weight excluding hydrogens is 230 g/mol. The molecule has 2 heterocycles. The zero-order valence-corrected chi connectivity index (χ0v) is 9.57. The lowest BCUT2D eigenvalue weighted by molar-refractivity contribution is 0.0378. The molecule has 1 aromatic heterocycles. The Morgan fingerprint density at radius 3 is 2.69 bits per heavy atom. The predicted octanol–water partition coefficient (Wildman–Crippen LogP) is 1.08. The first-order chi connectivity index (χ1) is 7.74. The molecule has 0 atom stereocenters. The molecule has 0 aromatic carbocycles. The largest absolute Gasteiger partial charge is 0.394 e. The smallest absolute Gasteiger partial charge is 0.151 e. The van der Waals surface area contributed by atoms with Crippen LogP contribution in [0.25, 0.3) is 0 Å². The minimum Gasteiger partial charge on any atom is -0.394 e. The molecule has 1 saturated heterocycles. The van der Waals surface area contributed by atoms with E-state index in [-0.39, 0.29) is 12.1 Å². The summed E-state index contributed by atoms with van der Waals surface area (Å²) < 4.78 is 5.28. The summed E-state index contributed by atoms with van der Waals surface area (Å²) >= 11 is 5.65. The molecule has 0 bridgehead atoms. The van der Waals surface area contributed by atoms with Gasteiger partial charge in [0.15, 0.2) is 5.15 Å². The van der Waals surface area contributed by atoms with Crippen LogP contribution in [-0.4, -0.2) is 40.7 Å². The van der Waals surface area contributed by atoms with Gasteiger partial charge in [0.25, 0.3) is 0 Å². The average molecular weight is 244 g/mol. The Labute approximate surface area is 98.8 Å². The third kappa shape index (κ3) is 2.61. The summed E-state index contributed by atoms with van der Waals surface area (Å²) in [7, 11) is 0. The highest BCUT2D eigenvalue weighted by molar-refractivity contribution is 6.29. The number of hydrogen-bond acceptors (Lipinski definition) is 5. The van der Waals surface area contributed by atoms with Gasteiger partial charge in [-0.1, -0.05) is 11.6 Å². The highest BCUT2D eigenvalue weighted by Crippen LogP contribution is 2.24. The fourth-order valence-corrected chi connectivity index (χ4v) is 1.84. The maximum absolute atomic E-state index is 9.47. The Morgan fingerprint density at radius 1 is 1.38 bits per heavy atom. The van der Waals surface area contributed by atoms with Crippen molar-refractivity contribution in [1.29, 1.82) is 0 Å². The Balaban J connectivity index is 2.08. The van der Waals surface area contributed by atoms with E-state index in [0.29, 0.717) is 24.2 Å². The second-order valence-corrected chi connectivity index (χ2v) is 4.30. The van der Waals surface area contributed by atoms with Gasteiger partial charge in [0.1, 0.15) is 5.82 Å². The number of nitrogens with zero attached hydrogens (tertiary/aromatic N) is 2. The van der Waals surface area contributed by atoms with Crippen molar-refractivity contribution in [3.8, 4) is 0 Å². The van der Waals surface area contributed by atoms with Crippen molar-refractivity contribution in [2.75, 3.05) is 25.1 Å². The van der Waals surface area contributed by atoms with E-state index in [2.05, 4.69) is 15.5 Å². The zero-order valence-electron chi connectivity index (χ0n) is 8.82. The number of hydrogen-bond donors (Lipinski definition) is 2. The van der Waals surface area contributed by atoms with E-state index < -0.39 is 0 Å². The number of aromatic nitrogens is 2. The summed E-state index contributed by atoms with van der Waals surface area (Å²) in [6.07, 6.45) is 1.52. The molecule has 88 valence electrons. The van der Waals surface area contributed by atoms with Gasteiger partial charge in [-0.05, 0) is 25.0 Å². The Hall–Kier alpha value is -0.910. The topological polar surface area (TPSA) is 67.3 Å². The van der Waals surface area contributed by atoms with Gasteiger partial charge in [-0.25, -0.2) is 0 Å². The molecule has 0 radical (unpaired) electrons. The average Bonchev–Trinajstić information content (AvgIpc) is 2.33. The van der Waals surface area contributed by atoms with Gasteiger partial charge in [-0.2, -0.15) is 0 Å². The lowest BCUT2D eigenvalue weighted by atomic mass is 9.91. The van der Waals surface area contributed by atoms with E-state index in [1.165, 1.54) is 0 Å². The normalized spacial score (nSPS) is 19.4. The summed E-state index contributed by atoms with van der Waals surface area (Å²) in [4.78, 5) is 0. The van der Waals surface area contributed by atoms with Gasteiger partial charge >= 0.3 is 0 Å². The molecule has 0 aliphatic carbocycles. The SMILES string of the molecule is OCC1(Nc2ccc(Cl)nn2)CCOCC1. The summed E-state index contributed by atoms with van der Waals surface area (Å²) in [6.45, 7) is 1.35. The molecule has 16 heavy (non-hydrogen) atoms. The van der Waals surface area contributed by atoms with E-state index in [1.807, 2.05) is 0 Å². The molecular formula is C10H14ClN3O2. The van der Waals surface area contributed by atoms with Crippen LogP contribution in [0.1, 0.15) is 12.8 Å². The second kappa shape index (κ2) is 4.95. The number of ether oxygens (including phenoxy) is 1. The van der Waals surface area contributed by atoms with Gasteiger partial charge < -0.3 is 15.2 Å². The van der Waals surface area contributed by atoms with Crippen molar-refractivity contribution in [2.24, 2.45) is 0 Å². The van der Waals surface area contributed by atoms with E-state index in [9.17, 15) is 5.11 Å². The van der Waals surface area contributed by atoms with Crippen LogP contribution < -0.4 is 5.32 Å². The van der Waals surface area contributed by atoms with Crippen molar-refractivity contribution in [3.05, 3.63) is 17.3 Å². The van der Waals surface area contributed by atoms with Crippen molar-refractivity contribution < 1.29 is 9.84 Å². The van der Waals surface area contributed by atoms with E-state index in [1.54, 1.807) is 12.1 Å². The fourth-order valence-electron chi connectivity index (χ4n) is 1.74. The molecule has 6 heteroatoms. The highest BCUT2D eigenvalue weighted by atomic mass is 35.5. The maximum atomic E-state index is 9.47. The molecule has 2 N–H and O–H groups in total. The van der Waals surface area contributed by atoms with Crippen molar-refractivity contribution in [1.82, 2.24) is 10.2 Å². The number of rotatable bonds is 3. The lowest BCUT2D eigenvalue weighted by Gasteiger charge is -2.36. The molecule has 0 unspecified atom stereocenters. The minimum absolute atomic E-state index is 0.0562. The number of aliphatic hydroxyl groups is 1. The molecule has 5 nitrogen and oxygen atoms in total. The van der Waals surface area contributed by atoms with Crippen LogP contribution in [0.2, 0.25) is 5.15 Å². The van der Waals surface area contributed by atoms with E-state index in [4.69, 9.17) is 16.3 Å². The molecule has 1 fully saturated rings. The standard InChI is InChI=1S/C10H14ClN3O2/c11-8-1-2-9(14-13-8)12-10(7-15)3-5-16-6-4-10/h1-2,15H,3-7H2,(H,12,14). The summed E-state index contributed by atoms with van der Waals surface area (Å²) in [5.74, 6) is 0.625. The van der Waals surface area contributed by atoms with Gasteiger partial charge in [-0.15, -0.1) is 10.2 Å². The quantitative estimate of drug-likeness (QED) is 0.832. The second-order valence-electron chi connectivity index (χ2n) is 3.92. The molecule has 1 aliphatic heterocycles. The maximum Gasteiger partial charge on any atom is 0.151 e. The summed E-state index contributed by atoms with van der Waals surface area (Å²) in [6, 6.07) is 3.42. The predicted molar refractivity (Wildman–Crippen MR) is 60.5 cm³/mol. The van der Waals surface area contributed by atoms with Crippen LogP contribution in [0.3, 0.4) is 0 Å². The monoisotopic (exact) mass is 243 g/mol. The van der Waals surface area contributed by atoms with Crippen molar-refractivity contribution in [3.63, 3.8) is 0 Å². The minimum atomic E-state index is -0.346. The first-order valence-electron chi connectivity index (χ1n) is 5.20. The molecule has 0 amide bonds. The Kier molecular flexibility index (Phi) is 3.58. The lowest BCUT2D eigenvalue weighted by Crippen LogP contribution is -2.47. The first kappa shape index (κ1) is 11.6. The van der Waals surface area contributed by atoms with E-state index in [0.717, 1.165) is 12.8 Å². The number of anilines is 1. The fraction of sp³-hybridized carbons (Fsp3) is 0.600. The number of halogens is 1. The Bertz CT molecular complexity index is 338. The van der Waals surface area contributed by atoms with Crippen LogP contribution in [-0.2, 0) is 4.74 Å². The van der Waals surface area contributed by atoms with Crippen molar-refractivity contribution >= 4 is 17.4 Å².